The maximum atomic E-state index is 9.78. The second kappa shape index (κ2) is 6.02. The van der Waals surface area contributed by atoms with E-state index in [1.54, 1.807) is 30.4 Å². The van der Waals surface area contributed by atoms with Crippen molar-refractivity contribution in [1.82, 2.24) is 14.8 Å². The molecule has 0 amide bonds. The zero-order valence-corrected chi connectivity index (χ0v) is 10.1. The average molecular weight is 249 g/mol. The molecule has 0 spiro atoms. The Morgan fingerprint density at radius 1 is 1.28 bits per heavy atom. The molecule has 2 aromatic rings. The molecule has 2 rings (SSSR count). The molecular weight excluding hydrogens is 234 g/mol. The number of hydrogen-bond donors (Lipinski definition) is 1. The summed E-state index contributed by atoms with van der Waals surface area (Å²) in [5.74, 6) is 1.39. The van der Waals surface area contributed by atoms with Crippen LogP contribution in [0.5, 0.6) is 11.5 Å². The van der Waals surface area contributed by atoms with Gasteiger partial charge in [-0.05, 0) is 12.1 Å². The Hall–Kier alpha value is -2.08. The second-order valence-corrected chi connectivity index (χ2v) is 3.80. The van der Waals surface area contributed by atoms with E-state index in [1.165, 1.54) is 0 Å². The highest BCUT2D eigenvalue weighted by atomic mass is 16.5. The Bertz CT molecular complexity index is 473. The lowest BCUT2D eigenvalue weighted by Gasteiger charge is -2.12. The molecule has 0 bridgehead atoms. The number of aliphatic hydroxyl groups excluding tert-OH is 1. The molecule has 0 saturated carbocycles. The fourth-order valence-electron chi connectivity index (χ4n) is 1.50. The molecule has 6 heteroatoms. The highest BCUT2D eigenvalue weighted by Crippen LogP contribution is 2.18. The number of aliphatic hydroxyl groups is 1. The molecule has 6 nitrogen and oxygen atoms in total. The second-order valence-electron chi connectivity index (χ2n) is 3.80. The molecule has 1 atom stereocenters. The predicted molar refractivity (Wildman–Crippen MR) is 64.5 cm³/mol. The van der Waals surface area contributed by atoms with E-state index in [1.807, 2.05) is 18.2 Å². The van der Waals surface area contributed by atoms with Gasteiger partial charge in [-0.2, -0.15) is 0 Å². The number of rotatable bonds is 6. The molecule has 0 radical (unpaired) electrons. The van der Waals surface area contributed by atoms with Crippen molar-refractivity contribution in [2.24, 2.45) is 0 Å². The molecule has 1 aromatic carbocycles. The molecule has 0 aliphatic rings. The minimum atomic E-state index is -0.618. The smallest absolute Gasteiger partial charge is 0.123 e. The molecule has 1 aromatic heterocycles. The summed E-state index contributed by atoms with van der Waals surface area (Å²) in [5.41, 5.74) is 0. The zero-order valence-electron chi connectivity index (χ0n) is 10.1. The number of methoxy groups -OCH3 is 1. The molecule has 0 aliphatic heterocycles. The number of benzene rings is 1. The van der Waals surface area contributed by atoms with E-state index in [0.29, 0.717) is 12.3 Å². The largest absolute Gasteiger partial charge is 0.497 e. The van der Waals surface area contributed by atoms with Gasteiger partial charge in [0.2, 0.25) is 0 Å². The Morgan fingerprint density at radius 2 is 2.00 bits per heavy atom. The third kappa shape index (κ3) is 3.46. The molecule has 0 fully saturated rings. The van der Waals surface area contributed by atoms with Gasteiger partial charge in [0.25, 0.3) is 0 Å². The van der Waals surface area contributed by atoms with Crippen molar-refractivity contribution in [2.45, 2.75) is 12.6 Å². The third-order valence-electron chi connectivity index (χ3n) is 2.37. The van der Waals surface area contributed by atoms with Crippen LogP contribution in [0.25, 0.3) is 0 Å². The van der Waals surface area contributed by atoms with Crippen molar-refractivity contribution in [3.63, 3.8) is 0 Å². The fraction of sp³-hybridized carbons (Fsp3) is 0.333. The summed E-state index contributed by atoms with van der Waals surface area (Å²) in [4.78, 5) is 0. The van der Waals surface area contributed by atoms with Gasteiger partial charge in [0, 0.05) is 6.07 Å². The third-order valence-corrected chi connectivity index (χ3v) is 2.37. The van der Waals surface area contributed by atoms with Gasteiger partial charge in [0.05, 0.1) is 13.7 Å². The standard InChI is InChI=1S/C12H15N3O3/c1-17-11-3-2-4-12(5-11)18-7-10(16)6-15-8-13-14-9-15/h2-5,8-10,16H,6-7H2,1H3/t10-/m0/s1. The Morgan fingerprint density at radius 3 is 2.72 bits per heavy atom. The van der Waals surface area contributed by atoms with Crippen LogP contribution in [0, 0.1) is 0 Å². The first-order valence-electron chi connectivity index (χ1n) is 5.55. The van der Waals surface area contributed by atoms with E-state index in [2.05, 4.69) is 10.2 Å². The van der Waals surface area contributed by atoms with Crippen molar-refractivity contribution < 1.29 is 14.6 Å². The van der Waals surface area contributed by atoms with Crippen molar-refractivity contribution in [1.29, 1.82) is 0 Å². The van der Waals surface area contributed by atoms with Gasteiger partial charge in [-0.3, -0.25) is 0 Å². The molecular formula is C12H15N3O3. The first-order chi connectivity index (χ1) is 8.78. The Kier molecular flexibility index (Phi) is 4.14. The molecule has 1 heterocycles. The van der Waals surface area contributed by atoms with Crippen LogP contribution in [0.2, 0.25) is 0 Å². The highest BCUT2D eigenvalue weighted by Gasteiger charge is 2.06. The summed E-state index contributed by atoms with van der Waals surface area (Å²) in [6, 6.07) is 7.25. The van der Waals surface area contributed by atoms with E-state index in [9.17, 15) is 5.11 Å². The number of ether oxygens (including phenoxy) is 2. The maximum absolute atomic E-state index is 9.78. The summed E-state index contributed by atoms with van der Waals surface area (Å²) in [6.45, 7) is 0.600. The van der Waals surface area contributed by atoms with Crippen LogP contribution in [0.4, 0.5) is 0 Å². The molecule has 0 unspecified atom stereocenters. The Labute approximate surface area is 105 Å². The van der Waals surface area contributed by atoms with E-state index in [4.69, 9.17) is 9.47 Å². The highest BCUT2D eigenvalue weighted by molar-refractivity contribution is 5.32. The van der Waals surface area contributed by atoms with Crippen LogP contribution in [-0.2, 0) is 6.54 Å². The number of aromatic nitrogens is 3. The number of hydrogen-bond acceptors (Lipinski definition) is 5. The Balaban J connectivity index is 1.83. The van der Waals surface area contributed by atoms with E-state index in [0.717, 1.165) is 5.75 Å². The predicted octanol–water partition coefficient (Wildman–Crippen LogP) is 0.727. The van der Waals surface area contributed by atoms with Crippen LogP contribution >= 0.6 is 0 Å². The number of nitrogens with zero attached hydrogens (tertiary/aromatic N) is 3. The van der Waals surface area contributed by atoms with Crippen LogP contribution in [0.1, 0.15) is 0 Å². The van der Waals surface area contributed by atoms with Gasteiger partial charge < -0.3 is 19.1 Å². The summed E-state index contributed by atoms with van der Waals surface area (Å²) >= 11 is 0. The SMILES string of the molecule is COc1cccc(OC[C@@H](O)Cn2cnnc2)c1. The van der Waals surface area contributed by atoms with Gasteiger partial charge in [0.1, 0.15) is 36.9 Å². The van der Waals surface area contributed by atoms with Crippen molar-refractivity contribution >= 4 is 0 Å². The molecule has 18 heavy (non-hydrogen) atoms. The average Bonchev–Trinajstić information content (AvgIpc) is 2.89. The first kappa shape index (κ1) is 12.4. The first-order valence-corrected chi connectivity index (χ1v) is 5.55. The van der Waals surface area contributed by atoms with Gasteiger partial charge in [-0.1, -0.05) is 6.07 Å². The van der Waals surface area contributed by atoms with Crippen molar-refractivity contribution in [2.75, 3.05) is 13.7 Å². The molecule has 96 valence electrons. The van der Waals surface area contributed by atoms with E-state index in [-0.39, 0.29) is 6.61 Å². The van der Waals surface area contributed by atoms with Crippen LogP contribution in [0.3, 0.4) is 0 Å². The quantitative estimate of drug-likeness (QED) is 0.817. The van der Waals surface area contributed by atoms with Crippen LogP contribution < -0.4 is 9.47 Å². The van der Waals surface area contributed by atoms with Gasteiger partial charge >= 0.3 is 0 Å². The topological polar surface area (TPSA) is 69.4 Å². The van der Waals surface area contributed by atoms with E-state index < -0.39 is 6.10 Å². The van der Waals surface area contributed by atoms with Crippen molar-refractivity contribution in [3.8, 4) is 11.5 Å². The molecule has 0 aliphatic carbocycles. The lowest BCUT2D eigenvalue weighted by atomic mass is 10.3. The molecule has 1 N–H and O–H groups in total. The van der Waals surface area contributed by atoms with Gasteiger partial charge in [-0.25, -0.2) is 0 Å². The van der Waals surface area contributed by atoms with Crippen molar-refractivity contribution in [3.05, 3.63) is 36.9 Å². The summed E-state index contributed by atoms with van der Waals surface area (Å²) in [7, 11) is 1.60. The van der Waals surface area contributed by atoms with Crippen LogP contribution in [0.15, 0.2) is 36.9 Å². The summed E-state index contributed by atoms with van der Waals surface area (Å²) in [5, 5.41) is 17.1. The van der Waals surface area contributed by atoms with Gasteiger partial charge in [-0.15, -0.1) is 10.2 Å². The maximum Gasteiger partial charge on any atom is 0.123 e. The molecule has 0 saturated heterocycles. The minimum absolute atomic E-state index is 0.200. The van der Waals surface area contributed by atoms with Crippen LogP contribution in [-0.4, -0.2) is 39.7 Å². The normalized spacial score (nSPS) is 12.1. The van der Waals surface area contributed by atoms with E-state index >= 15 is 0 Å². The van der Waals surface area contributed by atoms with Gasteiger partial charge in [0.15, 0.2) is 0 Å². The monoisotopic (exact) mass is 249 g/mol. The zero-order chi connectivity index (χ0) is 12.8. The lowest BCUT2D eigenvalue weighted by Crippen LogP contribution is -2.23. The summed E-state index contributed by atoms with van der Waals surface area (Å²) < 4.78 is 12.3. The fourth-order valence-corrected chi connectivity index (χ4v) is 1.50. The lowest BCUT2D eigenvalue weighted by molar-refractivity contribution is 0.0922. The minimum Gasteiger partial charge on any atom is -0.497 e. The summed E-state index contributed by atoms with van der Waals surface area (Å²) in [6.07, 6.45) is 2.48.